The molecule has 2 aromatic rings. The second-order valence-corrected chi connectivity index (χ2v) is 4.54. The maximum atomic E-state index is 13.1. The van der Waals surface area contributed by atoms with Gasteiger partial charge in [0.2, 0.25) is 0 Å². The van der Waals surface area contributed by atoms with Gasteiger partial charge < -0.3 is 9.72 Å². The van der Waals surface area contributed by atoms with Crippen LogP contribution in [0.4, 0.5) is 4.39 Å². The molecule has 1 N–H and O–H groups in total. The Bertz CT molecular complexity index is 817. The first-order valence-corrected chi connectivity index (χ1v) is 6.59. The number of hydrogen-bond acceptors (Lipinski definition) is 4. The Morgan fingerprint density at radius 2 is 2.00 bits per heavy atom. The van der Waals surface area contributed by atoms with Gasteiger partial charge in [0.25, 0.3) is 5.56 Å². The molecule has 22 heavy (non-hydrogen) atoms. The molecule has 0 spiro atoms. The zero-order valence-corrected chi connectivity index (χ0v) is 12.1. The van der Waals surface area contributed by atoms with Crippen molar-refractivity contribution in [2.24, 2.45) is 0 Å². The number of rotatable bonds is 3. The Labute approximate surface area is 126 Å². The van der Waals surface area contributed by atoms with E-state index in [1.807, 2.05) is 0 Å². The lowest BCUT2D eigenvalue weighted by Crippen LogP contribution is -2.20. The molecule has 1 heterocycles. The second kappa shape index (κ2) is 6.22. The first kappa shape index (κ1) is 15.4. The van der Waals surface area contributed by atoms with Crippen LogP contribution >= 0.6 is 0 Å². The summed E-state index contributed by atoms with van der Waals surface area (Å²) < 4.78 is 18.1. The van der Waals surface area contributed by atoms with Crippen LogP contribution in [0, 0.1) is 24.1 Å². The summed E-state index contributed by atoms with van der Waals surface area (Å²) in [6.45, 7) is 3.35. The second-order valence-electron chi connectivity index (χ2n) is 4.54. The molecule has 0 aliphatic carbocycles. The summed E-state index contributed by atoms with van der Waals surface area (Å²) in [5.41, 5.74) is 0.136. The molecule has 0 amide bonds. The summed E-state index contributed by atoms with van der Waals surface area (Å²) in [5, 5.41) is 9.25. The number of ether oxygens (including phenoxy) is 1. The lowest BCUT2D eigenvalue weighted by atomic mass is 9.95. The van der Waals surface area contributed by atoms with Crippen molar-refractivity contribution in [3.8, 4) is 17.2 Å². The average molecular weight is 300 g/mol. The van der Waals surface area contributed by atoms with Gasteiger partial charge in [-0.25, -0.2) is 9.18 Å². The molecule has 112 valence electrons. The van der Waals surface area contributed by atoms with E-state index in [0.717, 1.165) is 0 Å². The standard InChI is InChI=1S/C16H13FN2O3/c1-3-22-16(21)13-9(2)19-15(20)12(8-18)14(13)10-4-6-11(17)7-5-10/h4-7H,3H2,1-2H3,(H,19,20). The highest BCUT2D eigenvalue weighted by atomic mass is 19.1. The van der Waals surface area contributed by atoms with Crippen molar-refractivity contribution in [2.75, 3.05) is 6.61 Å². The molecule has 2 rings (SSSR count). The molecule has 0 saturated carbocycles. The predicted molar refractivity (Wildman–Crippen MR) is 77.9 cm³/mol. The molecule has 1 aromatic carbocycles. The first-order chi connectivity index (χ1) is 10.5. The molecular weight excluding hydrogens is 287 g/mol. The minimum atomic E-state index is -0.646. The molecule has 5 nitrogen and oxygen atoms in total. The van der Waals surface area contributed by atoms with Crippen LogP contribution < -0.4 is 5.56 Å². The minimum absolute atomic E-state index is 0.101. The number of carbonyl (C=O) groups is 1. The summed E-state index contributed by atoms with van der Waals surface area (Å²) in [4.78, 5) is 26.6. The van der Waals surface area contributed by atoms with Gasteiger partial charge in [-0.3, -0.25) is 4.79 Å². The van der Waals surface area contributed by atoms with Gasteiger partial charge in [-0.15, -0.1) is 0 Å². The predicted octanol–water partition coefficient (Wildman–Crippen LogP) is 2.54. The number of nitrogens with zero attached hydrogens (tertiary/aromatic N) is 1. The van der Waals surface area contributed by atoms with Crippen LogP contribution in [0.3, 0.4) is 0 Å². The number of pyridine rings is 1. The maximum absolute atomic E-state index is 13.1. The quantitative estimate of drug-likeness (QED) is 0.883. The number of benzene rings is 1. The highest BCUT2D eigenvalue weighted by Crippen LogP contribution is 2.28. The summed E-state index contributed by atoms with van der Waals surface area (Å²) in [6.07, 6.45) is 0. The van der Waals surface area contributed by atoms with E-state index in [4.69, 9.17) is 4.74 Å². The number of H-pyrrole nitrogens is 1. The molecular formula is C16H13FN2O3. The third-order valence-electron chi connectivity index (χ3n) is 3.13. The van der Waals surface area contributed by atoms with Gasteiger partial charge in [0, 0.05) is 11.3 Å². The van der Waals surface area contributed by atoms with E-state index >= 15 is 0 Å². The Balaban J connectivity index is 2.83. The van der Waals surface area contributed by atoms with Gasteiger partial charge in [0.1, 0.15) is 17.4 Å². The van der Waals surface area contributed by atoms with E-state index < -0.39 is 17.3 Å². The zero-order valence-electron chi connectivity index (χ0n) is 12.1. The molecule has 0 fully saturated rings. The lowest BCUT2D eigenvalue weighted by Gasteiger charge is -2.13. The fourth-order valence-corrected chi connectivity index (χ4v) is 2.19. The zero-order chi connectivity index (χ0) is 16.3. The highest BCUT2D eigenvalue weighted by Gasteiger charge is 2.23. The smallest absolute Gasteiger partial charge is 0.340 e. The van der Waals surface area contributed by atoms with E-state index in [-0.39, 0.29) is 23.3 Å². The van der Waals surface area contributed by atoms with E-state index in [9.17, 15) is 19.2 Å². The van der Waals surface area contributed by atoms with Gasteiger partial charge >= 0.3 is 5.97 Å². The van der Waals surface area contributed by atoms with Gasteiger partial charge in [-0.2, -0.15) is 5.26 Å². The number of nitriles is 1. The number of nitrogens with one attached hydrogen (secondary N) is 1. The summed E-state index contributed by atoms with van der Waals surface area (Å²) >= 11 is 0. The van der Waals surface area contributed by atoms with Crippen molar-refractivity contribution in [1.82, 2.24) is 4.98 Å². The Hall–Kier alpha value is -2.94. The number of aryl methyl sites for hydroxylation is 1. The normalized spacial score (nSPS) is 10.1. The van der Waals surface area contributed by atoms with Crippen molar-refractivity contribution >= 4 is 5.97 Å². The molecule has 0 radical (unpaired) electrons. The largest absolute Gasteiger partial charge is 0.462 e. The van der Waals surface area contributed by atoms with E-state index in [0.29, 0.717) is 11.3 Å². The summed E-state index contributed by atoms with van der Waals surface area (Å²) in [5.74, 6) is -1.10. The monoisotopic (exact) mass is 300 g/mol. The molecule has 0 unspecified atom stereocenters. The molecule has 0 aliphatic rings. The van der Waals surface area contributed by atoms with Gasteiger partial charge in [-0.1, -0.05) is 12.1 Å². The van der Waals surface area contributed by atoms with E-state index in [1.165, 1.54) is 24.3 Å². The van der Waals surface area contributed by atoms with Gasteiger partial charge in [-0.05, 0) is 31.5 Å². The van der Waals surface area contributed by atoms with Crippen LogP contribution in [0.15, 0.2) is 29.1 Å². The van der Waals surface area contributed by atoms with Crippen LogP contribution in [0.2, 0.25) is 0 Å². The SMILES string of the molecule is CCOC(=O)c1c(C)[nH]c(=O)c(C#N)c1-c1ccc(F)cc1. The van der Waals surface area contributed by atoms with Crippen molar-refractivity contribution < 1.29 is 13.9 Å². The number of esters is 1. The Morgan fingerprint density at radius 3 is 2.55 bits per heavy atom. The van der Waals surface area contributed by atoms with Crippen molar-refractivity contribution in [3.63, 3.8) is 0 Å². The lowest BCUT2D eigenvalue weighted by molar-refractivity contribution is 0.0526. The number of halogens is 1. The number of hydrogen-bond donors (Lipinski definition) is 1. The summed E-state index contributed by atoms with van der Waals surface area (Å²) in [6, 6.07) is 7.01. The average Bonchev–Trinajstić information content (AvgIpc) is 2.47. The Morgan fingerprint density at radius 1 is 1.36 bits per heavy atom. The number of aromatic nitrogens is 1. The molecule has 0 saturated heterocycles. The van der Waals surface area contributed by atoms with Crippen LogP contribution in [0.5, 0.6) is 0 Å². The van der Waals surface area contributed by atoms with Gasteiger partial charge in [0.15, 0.2) is 0 Å². The van der Waals surface area contributed by atoms with Crippen molar-refractivity contribution in [2.45, 2.75) is 13.8 Å². The number of aromatic amines is 1. The molecule has 6 heteroatoms. The van der Waals surface area contributed by atoms with E-state index in [2.05, 4.69) is 4.98 Å². The third-order valence-corrected chi connectivity index (χ3v) is 3.13. The topological polar surface area (TPSA) is 83.0 Å². The first-order valence-electron chi connectivity index (χ1n) is 6.59. The van der Waals surface area contributed by atoms with E-state index in [1.54, 1.807) is 19.9 Å². The molecule has 0 atom stereocenters. The Kier molecular flexibility index (Phi) is 4.37. The van der Waals surface area contributed by atoms with Crippen molar-refractivity contribution in [1.29, 1.82) is 5.26 Å². The van der Waals surface area contributed by atoms with Crippen LogP contribution in [0.1, 0.15) is 28.5 Å². The van der Waals surface area contributed by atoms with Crippen molar-refractivity contribution in [3.05, 3.63) is 57.3 Å². The summed E-state index contributed by atoms with van der Waals surface area (Å²) in [7, 11) is 0. The highest BCUT2D eigenvalue weighted by molar-refractivity contribution is 5.99. The minimum Gasteiger partial charge on any atom is -0.462 e. The fraction of sp³-hybridized carbons (Fsp3) is 0.188. The maximum Gasteiger partial charge on any atom is 0.340 e. The van der Waals surface area contributed by atoms with Crippen LogP contribution in [-0.2, 0) is 4.74 Å². The molecule has 0 aliphatic heterocycles. The van der Waals surface area contributed by atoms with Crippen LogP contribution in [0.25, 0.3) is 11.1 Å². The molecule has 1 aromatic heterocycles. The fourth-order valence-electron chi connectivity index (χ4n) is 2.19. The van der Waals surface area contributed by atoms with Crippen LogP contribution in [-0.4, -0.2) is 17.6 Å². The van der Waals surface area contributed by atoms with Gasteiger partial charge in [0.05, 0.1) is 12.2 Å². The third kappa shape index (κ3) is 2.74. The number of carbonyl (C=O) groups excluding carboxylic acids is 1. The molecule has 0 bridgehead atoms.